The van der Waals surface area contributed by atoms with Crippen LogP contribution in [0.4, 0.5) is 10.5 Å². The van der Waals surface area contributed by atoms with Gasteiger partial charge in [0.05, 0.1) is 5.92 Å². The zero-order valence-corrected chi connectivity index (χ0v) is 14.4. The second kappa shape index (κ2) is 9.05. The Morgan fingerprint density at radius 1 is 1.08 bits per heavy atom. The summed E-state index contributed by atoms with van der Waals surface area (Å²) in [5.41, 5.74) is 1.82. The summed E-state index contributed by atoms with van der Waals surface area (Å²) < 4.78 is 0. The van der Waals surface area contributed by atoms with Gasteiger partial charge >= 0.3 is 12.0 Å². The van der Waals surface area contributed by atoms with E-state index in [0.717, 1.165) is 11.3 Å². The minimum atomic E-state index is -0.743. The number of hydrogen-bond acceptors (Lipinski definition) is 3. The first-order chi connectivity index (χ1) is 11.9. The summed E-state index contributed by atoms with van der Waals surface area (Å²) in [7, 11) is 0. The third kappa shape index (κ3) is 6.45. The molecule has 2 rings (SSSR count). The lowest BCUT2D eigenvalue weighted by atomic mass is 9.86. The van der Waals surface area contributed by atoms with E-state index < -0.39 is 5.97 Å². The summed E-state index contributed by atoms with van der Waals surface area (Å²) in [5, 5.41) is 17.4. The molecule has 3 amide bonds. The van der Waals surface area contributed by atoms with Crippen molar-refractivity contribution >= 4 is 23.6 Å². The molecule has 1 aromatic carbocycles. The fourth-order valence-corrected chi connectivity index (χ4v) is 3.00. The summed E-state index contributed by atoms with van der Waals surface area (Å²) in [6, 6.07) is 7.33. The number of rotatable bonds is 6. The van der Waals surface area contributed by atoms with Crippen LogP contribution in [0, 0.1) is 5.92 Å². The van der Waals surface area contributed by atoms with Crippen LogP contribution in [-0.4, -0.2) is 35.6 Å². The number of urea groups is 1. The molecule has 4 N–H and O–H groups in total. The topological polar surface area (TPSA) is 108 Å². The standard InChI is InChI=1S/C18H25N3O4/c1-12(22)20-15-6-2-13(3-7-15)10-11-19-18(25)21-16-8-4-14(5-9-16)17(23)24/h2-3,6-7,14,16H,4-5,8-11H2,1H3,(H,20,22)(H,23,24)(H2,19,21,25). The number of nitrogens with one attached hydrogen (secondary N) is 3. The van der Waals surface area contributed by atoms with Gasteiger partial charge in [-0.05, 0) is 49.8 Å². The summed E-state index contributed by atoms with van der Waals surface area (Å²) in [6.45, 7) is 1.97. The van der Waals surface area contributed by atoms with Gasteiger partial charge in [0.2, 0.25) is 5.91 Å². The van der Waals surface area contributed by atoms with Crippen LogP contribution in [0.15, 0.2) is 24.3 Å². The van der Waals surface area contributed by atoms with E-state index in [4.69, 9.17) is 5.11 Å². The van der Waals surface area contributed by atoms with Crippen molar-refractivity contribution in [1.82, 2.24) is 10.6 Å². The molecule has 25 heavy (non-hydrogen) atoms. The molecule has 1 saturated carbocycles. The van der Waals surface area contributed by atoms with E-state index in [1.807, 2.05) is 24.3 Å². The van der Waals surface area contributed by atoms with Crippen LogP contribution in [0.5, 0.6) is 0 Å². The molecule has 0 saturated heterocycles. The Bertz CT molecular complexity index is 607. The zero-order chi connectivity index (χ0) is 18.2. The van der Waals surface area contributed by atoms with Crippen LogP contribution in [0.1, 0.15) is 38.2 Å². The molecule has 0 aromatic heterocycles. The Hall–Kier alpha value is -2.57. The molecule has 7 heteroatoms. The number of carboxylic acid groups (broad SMARTS) is 1. The molecule has 1 fully saturated rings. The second-order valence-corrected chi connectivity index (χ2v) is 6.42. The molecule has 0 radical (unpaired) electrons. The third-order valence-corrected chi connectivity index (χ3v) is 4.39. The van der Waals surface area contributed by atoms with E-state index in [9.17, 15) is 14.4 Å². The van der Waals surface area contributed by atoms with Crippen molar-refractivity contribution in [2.75, 3.05) is 11.9 Å². The average Bonchev–Trinajstić information content (AvgIpc) is 2.56. The van der Waals surface area contributed by atoms with Gasteiger partial charge in [0.15, 0.2) is 0 Å². The maximum Gasteiger partial charge on any atom is 0.315 e. The highest BCUT2D eigenvalue weighted by molar-refractivity contribution is 5.88. The van der Waals surface area contributed by atoms with Crippen molar-refractivity contribution in [1.29, 1.82) is 0 Å². The van der Waals surface area contributed by atoms with Crippen molar-refractivity contribution in [2.24, 2.45) is 5.92 Å². The largest absolute Gasteiger partial charge is 0.481 e. The first kappa shape index (κ1) is 18.8. The fourth-order valence-electron chi connectivity index (χ4n) is 3.00. The van der Waals surface area contributed by atoms with Crippen LogP contribution in [0.3, 0.4) is 0 Å². The predicted octanol–water partition coefficient (Wildman–Crippen LogP) is 2.13. The SMILES string of the molecule is CC(=O)Nc1ccc(CCNC(=O)NC2CCC(C(=O)O)CC2)cc1. The number of aliphatic carboxylic acids is 1. The molecule has 136 valence electrons. The highest BCUT2D eigenvalue weighted by atomic mass is 16.4. The summed E-state index contributed by atoms with van der Waals surface area (Å²) in [5.74, 6) is -1.13. The maximum absolute atomic E-state index is 11.9. The Balaban J connectivity index is 1.65. The van der Waals surface area contributed by atoms with Gasteiger partial charge in [-0.1, -0.05) is 12.1 Å². The Kier molecular flexibility index (Phi) is 6.80. The summed E-state index contributed by atoms with van der Waals surface area (Å²) >= 11 is 0. The van der Waals surface area contributed by atoms with Crippen molar-refractivity contribution in [3.05, 3.63) is 29.8 Å². The van der Waals surface area contributed by atoms with E-state index in [2.05, 4.69) is 16.0 Å². The van der Waals surface area contributed by atoms with Crippen molar-refractivity contribution in [2.45, 2.75) is 45.1 Å². The monoisotopic (exact) mass is 347 g/mol. The first-order valence-electron chi connectivity index (χ1n) is 8.57. The Morgan fingerprint density at radius 3 is 2.28 bits per heavy atom. The third-order valence-electron chi connectivity index (χ3n) is 4.39. The van der Waals surface area contributed by atoms with Gasteiger partial charge in [0.1, 0.15) is 0 Å². The molecule has 0 unspecified atom stereocenters. The second-order valence-electron chi connectivity index (χ2n) is 6.42. The van der Waals surface area contributed by atoms with E-state index in [1.54, 1.807) is 0 Å². The Labute approximate surface area is 147 Å². The highest BCUT2D eigenvalue weighted by Gasteiger charge is 2.26. The van der Waals surface area contributed by atoms with Crippen LogP contribution in [0.2, 0.25) is 0 Å². The van der Waals surface area contributed by atoms with Gasteiger partial charge in [-0.15, -0.1) is 0 Å². The number of amides is 3. The molecular formula is C18H25N3O4. The van der Waals surface area contributed by atoms with Crippen molar-refractivity contribution < 1.29 is 19.5 Å². The van der Waals surface area contributed by atoms with Gasteiger partial charge < -0.3 is 21.1 Å². The van der Waals surface area contributed by atoms with Crippen LogP contribution < -0.4 is 16.0 Å². The minimum absolute atomic E-state index is 0.0486. The smallest absolute Gasteiger partial charge is 0.315 e. The Morgan fingerprint density at radius 2 is 1.72 bits per heavy atom. The molecule has 1 aliphatic rings. The first-order valence-corrected chi connectivity index (χ1v) is 8.57. The van der Waals surface area contributed by atoms with E-state index >= 15 is 0 Å². The molecular weight excluding hydrogens is 322 g/mol. The number of carbonyl (C=O) groups is 3. The summed E-state index contributed by atoms with van der Waals surface area (Å²) in [4.78, 5) is 33.8. The van der Waals surface area contributed by atoms with Crippen molar-refractivity contribution in [3.8, 4) is 0 Å². The van der Waals surface area contributed by atoms with E-state index in [-0.39, 0.29) is 23.9 Å². The highest BCUT2D eigenvalue weighted by Crippen LogP contribution is 2.24. The lowest BCUT2D eigenvalue weighted by molar-refractivity contribution is -0.142. The lowest BCUT2D eigenvalue weighted by Gasteiger charge is -2.26. The lowest BCUT2D eigenvalue weighted by Crippen LogP contribution is -2.44. The zero-order valence-electron chi connectivity index (χ0n) is 14.4. The predicted molar refractivity (Wildman–Crippen MR) is 94.4 cm³/mol. The number of carboxylic acids is 1. The maximum atomic E-state index is 11.9. The van der Waals surface area contributed by atoms with Crippen LogP contribution in [0.25, 0.3) is 0 Å². The number of benzene rings is 1. The molecule has 7 nitrogen and oxygen atoms in total. The average molecular weight is 347 g/mol. The molecule has 0 spiro atoms. The van der Waals surface area contributed by atoms with Gasteiger partial charge in [-0.25, -0.2) is 4.79 Å². The fraction of sp³-hybridized carbons (Fsp3) is 0.500. The molecule has 1 aliphatic carbocycles. The van der Waals surface area contributed by atoms with Gasteiger partial charge in [-0.3, -0.25) is 9.59 Å². The van der Waals surface area contributed by atoms with Gasteiger partial charge in [0.25, 0.3) is 0 Å². The van der Waals surface area contributed by atoms with Crippen LogP contribution >= 0.6 is 0 Å². The number of hydrogen-bond donors (Lipinski definition) is 4. The molecule has 1 aromatic rings. The van der Waals surface area contributed by atoms with Gasteiger partial charge in [0, 0.05) is 25.2 Å². The number of carbonyl (C=O) groups excluding carboxylic acids is 2. The van der Waals surface area contributed by atoms with Crippen molar-refractivity contribution in [3.63, 3.8) is 0 Å². The van der Waals surface area contributed by atoms with E-state index in [0.29, 0.717) is 38.6 Å². The quantitative estimate of drug-likeness (QED) is 0.632. The van der Waals surface area contributed by atoms with E-state index in [1.165, 1.54) is 6.92 Å². The van der Waals surface area contributed by atoms with Gasteiger partial charge in [-0.2, -0.15) is 0 Å². The molecule has 0 aliphatic heterocycles. The minimum Gasteiger partial charge on any atom is -0.481 e. The number of anilines is 1. The molecule has 0 heterocycles. The summed E-state index contributed by atoms with van der Waals surface area (Å²) in [6.07, 6.45) is 3.32. The molecule has 0 bridgehead atoms. The van der Waals surface area contributed by atoms with Crippen LogP contribution in [-0.2, 0) is 16.0 Å². The molecule has 0 atom stereocenters. The normalized spacial score (nSPS) is 19.7.